The van der Waals surface area contributed by atoms with Gasteiger partial charge in [-0.3, -0.25) is 9.89 Å². The number of nitrogen functional groups attached to an aromatic ring is 1. The van der Waals surface area contributed by atoms with Gasteiger partial charge in [-0.25, -0.2) is 4.98 Å². The molecule has 27 heavy (non-hydrogen) atoms. The first-order valence-electron chi connectivity index (χ1n) is 7.62. The van der Waals surface area contributed by atoms with E-state index < -0.39 is 29.0 Å². The van der Waals surface area contributed by atoms with E-state index in [1.165, 1.54) is 30.5 Å². The maximum absolute atomic E-state index is 13.5. The minimum absolute atomic E-state index is 0.197. The van der Waals surface area contributed by atoms with E-state index in [2.05, 4.69) is 20.5 Å². The van der Waals surface area contributed by atoms with Gasteiger partial charge in [-0.15, -0.1) is 0 Å². The lowest BCUT2D eigenvalue weighted by Crippen LogP contribution is -2.19. The number of alkyl halides is 3. The number of pyridine rings is 1. The second-order valence-electron chi connectivity index (χ2n) is 5.70. The van der Waals surface area contributed by atoms with Crippen molar-refractivity contribution in [1.29, 1.82) is 0 Å². The van der Waals surface area contributed by atoms with Crippen LogP contribution in [0.3, 0.4) is 0 Å². The Morgan fingerprint density at radius 3 is 2.59 bits per heavy atom. The number of carbonyl (C=O) groups excluding carboxylic acids is 1. The molecular weight excluding hydrogens is 383 g/mol. The molecule has 0 spiro atoms. The third kappa shape index (κ3) is 3.87. The van der Waals surface area contributed by atoms with E-state index in [4.69, 9.17) is 17.3 Å². The first-order chi connectivity index (χ1) is 12.7. The Kier molecular flexibility index (Phi) is 4.79. The molecule has 0 aliphatic rings. The number of hydrogen-bond donors (Lipinski definition) is 3. The number of aryl methyl sites for hydroxylation is 1. The molecular formula is C17H13ClF3N5O. The van der Waals surface area contributed by atoms with Gasteiger partial charge in [0.05, 0.1) is 23.1 Å². The minimum atomic E-state index is -4.71. The van der Waals surface area contributed by atoms with Gasteiger partial charge < -0.3 is 11.1 Å². The fraction of sp³-hybridized carbons (Fsp3) is 0.118. The van der Waals surface area contributed by atoms with Gasteiger partial charge in [0, 0.05) is 16.7 Å². The number of amides is 1. The van der Waals surface area contributed by atoms with Gasteiger partial charge >= 0.3 is 6.18 Å². The molecule has 0 aliphatic carbocycles. The average Bonchev–Trinajstić information content (AvgIpc) is 3.07. The van der Waals surface area contributed by atoms with E-state index in [-0.39, 0.29) is 17.1 Å². The number of aromatic amines is 1. The number of anilines is 2. The van der Waals surface area contributed by atoms with Gasteiger partial charge in [-0.2, -0.15) is 18.3 Å². The topological polar surface area (TPSA) is 96.7 Å². The van der Waals surface area contributed by atoms with Crippen LogP contribution in [-0.2, 0) is 6.18 Å². The Morgan fingerprint density at radius 2 is 2.00 bits per heavy atom. The summed E-state index contributed by atoms with van der Waals surface area (Å²) in [6.45, 7) is 1.60. The van der Waals surface area contributed by atoms with Gasteiger partial charge in [0.15, 0.2) is 5.69 Å². The van der Waals surface area contributed by atoms with E-state index in [1.807, 2.05) is 0 Å². The average molecular weight is 396 g/mol. The van der Waals surface area contributed by atoms with Gasteiger partial charge in [0.2, 0.25) is 0 Å². The number of carbonyl (C=O) groups is 1. The number of hydrogen-bond acceptors (Lipinski definition) is 4. The lowest BCUT2D eigenvalue weighted by Gasteiger charge is -2.17. The van der Waals surface area contributed by atoms with Crippen LogP contribution in [0.25, 0.3) is 11.3 Å². The summed E-state index contributed by atoms with van der Waals surface area (Å²) in [6.07, 6.45) is -3.30. The van der Waals surface area contributed by atoms with Gasteiger partial charge in [0.25, 0.3) is 5.91 Å². The molecule has 6 nitrogen and oxygen atoms in total. The van der Waals surface area contributed by atoms with Gasteiger partial charge in [-0.05, 0) is 30.7 Å². The lowest BCUT2D eigenvalue weighted by molar-refractivity contribution is -0.137. The molecule has 2 aromatic heterocycles. The summed E-state index contributed by atoms with van der Waals surface area (Å²) < 4.78 is 40.6. The molecule has 1 aromatic carbocycles. The highest BCUT2D eigenvalue weighted by Crippen LogP contribution is 2.39. The molecule has 2 heterocycles. The number of benzene rings is 1. The first-order valence-corrected chi connectivity index (χ1v) is 7.99. The highest BCUT2D eigenvalue weighted by molar-refractivity contribution is 6.30. The zero-order chi connectivity index (χ0) is 19.8. The Bertz CT molecular complexity index is 1000. The van der Waals surface area contributed by atoms with Crippen molar-refractivity contribution in [2.45, 2.75) is 13.1 Å². The maximum atomic E-state index is 13.5. The van der Waals surface area contributed by atoms with E-state index in [1.54, 1.807) is 6.92 Å². The molecule has 0 atom stereocenters. The predicted octanol–water partition coefficient (Wildman–Crippen LogP) is 4.29. The zero-order valence-corrected chi connectivity index (χ0v) is 14.6. The Hall–Kier alpha value is -3.07. The van der Waals surface area contributed by atoms with Gasteiger partial charge in [-0.1, -0.05) is 17.7 Å². The minimum Gasteiger partial charge on any atom is -0.397 e. The second-order valence-corrected chi connectivity index (χ2v) is 6.14. The Labute approximate surface area is 156 Å². The maximum Gasteiger partial charge on any atom is 0.418 e. The van der Waals surface area contributed by atoms with Crippen LogP contribution in [-0.4, -0.2) is 21.1 Å². The molecule has 4 N–H and O–H groups in total. The van der Waals surface area contributed by atoms with E-state index in [0.29, 0.717) is 16.7 Å². The molecule has 0 saturated carbocycles. The van der Waals surface area contributed by atoms with Crippen molar-refractivity contribution in [3.05, 3.63) is 58.4 Å². The Morgan fingerprint density at radius 1 is 1.26 bits per heavy atom. The smallest absolute Gasteiger partial charge is 0.397 e. The second kappa shape index (κ2) is 6.92. The molecule has 0 unspecified atom stereocenters. The van der Waals surface area contributed by atoms with Crippen molar-refractivity contribution < 1.29 is 18.0 Å². The highest BCUT2D eigenvalue weighted by atomic mass is 35.5. The largest absolute Gasteiger partial charge is 0.418 e. The van der Waals surface area contributed by atoms with Crippen LogP contribution in [0.15, 0.2) is 36.5 Å². The fourth-order valence-corrected chi connectivity index (χ4v) is 2.76. The molecule has 140 valence electrons. The summed E-state index contributed by atoms with van der Waals surface area (Å²) in [5.74, 6) is -0.510. The number of nitrogens with zero attached hydrogens (tertiary/aromatic N) is 2. The van der Waals surface area contributed by atoms with Crippen LogP contribution in [0.4, 0.5) is 24.7 Å². The Balaban J connectivity index is 2.16. The molecule has 3 aromatic rings. The summed E-state index contributed by atoms with van der Waals surface area (Å²) in [7, 11) is 0. The van der Waals surface area contributed by atoms with Gasteiger partial charge in [0.1, 0.15) is 5.82 Å². The van der Waals surface area contributed by atoms with Crippen LogP contribution < -0.4 is 11.1 Å². The number of H-pyrrole nitrogens is 1. The number of halogens is 4. The molecule has 0 bridgehead atoms. The van der Waals surface area contributed by atoms with Crippen molar-refractivity contribution >= 4 is 29.0 Å². The standard InChI is InChI=1S/C17H13ClF3N5O/c1-8-6-9(18)2-3-10(8)14-11(17(19,20)21)7-12(22)15(25-14)16(27)24-13-4-5-23-26-13/h2-7H,22H2,1H3,(H2,23,24,26,27). The number of aromatic nitrogens is 3. The summed E-state index contributed by atoms with van der Waals surface area (Å²) in [5, 5.41) is 8.99. The molecule has 0 aliphatic heterocycles. The van der Waals surface area contributed by atoms with Crippen molar-refractivity contribution in [2.24, 2.45) is 0 Å². The molecule has 3 rings (SSSR count). The summed E-state index contributed by atoms with van der Waals surface area (Å²) >= 11 is 5.88. The molecule has 10 heteroatoms. The number of rotatable bonds is 3. The van der Waals surface area contributed by atoms with E-state index in [9.17, 15) is 18.0 Å². The SMILES string of the molecule is Cc1cc(Cl)ccc1-c1nc(C(=O)Nc2ccn[nH]2)c(N)cc1C(F)(F)F. The molecule has 0 saturated heterocycles. The lowest BCUT2D eigenvalue weighted by atomic mass is 9.99. The van der Waals surface area contributed by atoms with Crippen LogP contribution in [0, 0.1) is 6.92 Å². The third-order valence-corrected chi connectivity index (χ3v) is 4.00. The highest BCUT2D eigenvalue weighted by Gasteiger charge is 2.36. The summed E-state index contributed by atoms with van der Waals surface area (Å²) in [6, 6.07) is 6.56. The first kappa shape index (κ1) is 18.7. The quantitative estimate of drug-likeness (QED) is 0.616. The third-order valence-electron chi connectivity index (χ3n) is 3.76. The van der Waals surface area contributed by atoms with Crippen LogP contribution in [0.5, 0.6) is 0 Å². The fourth-order valence-electron chi connectivity index (χ4n) is 2.53. The number of nitrogens with two attached hydrogens (primary N) is 1. The van der Waals surface area contributed by atoms with Crippen LogP contribution in [0.2, 0.25) is 5.02 Å². The van der Waals surface area contributed by atoms with Crippen molar-refractivity contribution in [2.75, 3.05) is 11.1 Å². The van der Waals surface area contributed by atoms with Crippen LogP contribution >= 0.6 is 11.6 Å². The summed E-state index contributed by atoms with van der Waals surface area (Å²) in [4.78, 5) is 16.4. The molecule has 0 fully saturated rings. The van der Waals surface area contributed by atoms with Crippen molar-refractivity contribution in [3.8, 4) is 11.3 Å². The van der Waals surface area contributed by atoms with Crippen LogP contribution in [0.1, 0.15) is 21.6 Å². The van der Waals surface area contributed by atoms with E-state index >= 15 is 0 Å². The van der Waals surface area contributed by atoms with Crippen molar-refractivity contribution in [3.63, 3.8) is 0 Å². The van der Waals surface area contributed by atoms with E-state index in [0.717, 1.165) is 0 Å². The summed E-state index contributed by atoms with van der Waals surface area (Å²) in [5.41, 5.74) is 4.19. The molecule has 1 amide bonds. The monoisotopic (exact) mass is 395 g/mol. The molecule has 0 radical (unpaired) electrons. The normalized spacial score (nSPS) is 11.4. The van der Waals surface area contributed by atoms with Crippen molar-refractivity contribution in [1.82, 2.24) is 15.2 Å². The predicted molar refractivity (Wildman–Crippen MR) is 95.4 cm³/mol. The zero-order valence-electron chi connectivity index (χ0n) is 13.9. The number of nitrogens with one attached hydrogen (secondary N) is 2.